The number of rotatable bonds is 2. The topological polar surface area (TPSA) is 18.5 Å². The highest BCUT2D eigenvalue weighted by Crippen LogP contribution is 2.32. The average molecular weight is 245 g/mol. The second-order valence-corrected chi connectivity index (χ2v) is 5.77. The van der Waals surface area contributed by atoms with Crippen LogP contribution < -0.4 is 5.32 Å². The van der Waals surface area contributed by atoms with Crippen molar-refractivity contribution in [1.29, 1.82) is 0 Å². The minimum Gasteiger partial charge on any atom is -0.384 e. The number of hydrogen-bond acceptors (Lipinski definition) is 3. The molecule has 2 heterocycles. The van der Waals surface area contributed by atoms with Gasteiger partial charge in [0.05, 0.1) is 0 Å². The van der Waals surface area contributed by atoms with E-state index in [0.29, 0.717) is 12.0 Å². The van der Waals surface area contributed by atoms with E-state index >= 15 is 0 Å². The zero-order valence-electron chi connectivity index (χ0n) is 11.4. The Bertz CT molecular complexity index is 418. The largest absolute Gasteiger partial charge is 0.384 e. The van der Waals surface area contributed by atoms with E-state index in [1.54, 1.807) is 0 Å². The first-order valence-corrected chi connectivity index (χ1v) is 6.99. The van der Waals surface area contributed by atoms with Crippen molar-refractivity contribution < 1.29 is 0 Å². The summed E-state index contributed by atoms with van der Waals surface area (Å²) < 4.78 is 0. The van der Waals surface area contributed by atoms with E-state index in [1.807, 2.05) is 0 Å². The average Bonchev–Trinajstić information content (AvgIpc) is 2.76. The molecule has 2 unspecified atom stereocenters. The molecule has 0 spiro atoms. The lowest BCUT2D eigenvalue weighted by atomic mass is 9.99. The van der Waals surface area contributed by atoms with Crippen molar-refractivity contribution in [3.8, 4) is 0 Å². The van der Waals surface area contributed by atoms with Crippen LogP contribution in [0.5, 0.6) is 0 Å². The second kappa shape index (κ2) is 4.90. The van der Waals surface area contributed by atoms with E-state index in [1.165, 1.54) is 37.4 Å². The van der Waals surface area contributed by atoms with Gasteiger partial charge in [-0.05, 0) is 25.6 Å². The van der Waals surface area contributed by atoms with Gasteiger partial charge in [0, 0.05) is 50.4 Å². The summed E-state index contributed by atoms with van der Waals surface area (Å²) in [4.78, 5) is 5.08. The van der Waals surface area contributed by atoms with E-state index < -0.39 is 0 Å². The summed E-state index contributed by atoms with van der Waals surface area (Å²) in [5.41, 5.74) is 2.84. The molecule has 0 aliphatic carbocycles. The lowest BCUT2D eigenvalue weighted by molar-refractivity contribution is 0.0957. The molecule has 1 fully saturated rings. The van der Waals surface area contributed by atoms with Crippen LogP contribution in [0.15, 0.2) is 24.3 Å². The first-order valence-electron chi connectivity index (χ1n) is 6.99. The van der Waals surface area contributed by atoms with Crippen LogP contribution in [0.4, 0.5) is 5.69 Å². The molecule has 0 bridgehead atoms. The minimum absolute atomic E-state index is 0.659. The number of piperazine rings is 1. The summed E-state index contributed by atoms with van der Waals surface area (Å²) in [5, 5.41) is 3.53. The van der Waals surface area contributed by atoms with Gasteiger partial charge in [0.15, 0.2) is 0 Å². The Morgan fingerprint density at radius 3 is 2.94 bits per heavy atom. The predicted molar refractivity (Wildman–Crippen MR) is 76.2 cm³/mol. The van der Waals surface area contributed by atoms with Crippen molar-refractivity contribution in [3.05, 3.63) is 29.8 Å². The Hall–Kier alpha value is -1.06. The van der Waals surface area contributed by atoms with Gasteiger partial charge in [-0.2, -0.15) is 0 Å². The van der Waals surface area contributed by atoms with E-state index in [-0.39, 0.29) is 0 Å². The molecule has 0 radical (unpaired) electrons. The van der Waals surface area contributed by atoms with Crippen LogP contribution in [-0.2, 0) is 0 Å². The lowest BCUT2D eigenvalue weighted by Crippen LogP contribution is -2.51. The van der Waals surface area contributed by atoms with Crippen molar-refractivity contribution in [2.24, 2.45) is 0 Å². The molecule has 0 amide bonds. The fourth-order valence-corrected chi connectivity index (χ4v) is 3.25. The van der Waals surface area contributed by atoms with Gasteiger partial charge < -0.3 is 10.2 Å². The van der Waals surface area contributed by atoms with Crippen molar-refractivity contribution >= 4 is 5.69 Å². The molecular weight excluding hydrogens is 222 g/mol. The zero-order chi connectivity index (χ0) is 12.5. The lowest BCUT2D eigenvalue weighted by Gasteiger charge is -2.39. The number of hydrogen-bond donors (Lipinski definition) is 1. The standard InChI is InChI=1S/C15H23N3/c1-12-10-17(2)7-8-18(12)11-13-9-16-15-6-4-3-5-14(13)15/h3-6,12-13,16H,7-11H2,1-2H3. The molecule has 0 aromatic heterocycles. The summed E-state index contributed by atoms with van der Waals surface area (Å²) in [6.07, 6.45) is 0. The first kappa shape index (κ1) is 12.0. The zero-order valence-corrected chi connectivity index (χ0v) is 11.4. The highest BCUT2D eigenvalue weighted by Gasteiger charge is 2.28. The summed E-state index contributed by atoms with van der Waals surface area (Å²) in [6, 6.07) is 9.43. The first-order chi connectivity index (χ1) is 8.74. The van der Waals surface area contributed by atoms with Crippen LogP contribution in [0, 0.1) is 0 Å². The molecule has 3 nitrogen and oxygen atoms in total. The van der Waals surface area contributed by atoms with Crippen LogP contribution in [-0.4, -0.2) is 55.6 Å². The Labute approximate surface area is 110 Å². The van der Waals surface area contributed by atoms with Gasteiger partial charge in [-0.25, -0.2) is 0 Å². The summed E-state index contributed by atoms with van der Waals surface area (Å²) in [6.45, 7) is 8.24. The number of nitrogens with one attached hydrogen (secondary N) is 1. The predicted octanol–water partition coefficient (Wildman–Crippen LogP) is 1.83. The van der Waals surface area contributed by atoms with Gasteiger partial charge in [-0.1, -0.05) is 18.2 Å². The number of benzene rings is 1. The molecule has 18 heavy (non-hydrogen) atoms. The summed E-state index contributed by atoms with van der Waals surface area (Å²) in [5.74, 6) is 0.659. The summed E-state index contributed by atoms with van der Waals surface area (Å²) in [7, 11) is 2.22. The highest BCUT2D eigenvalue weighted by atomic mass is 15.3. The maximum atomic E-state index is 3.53. The highest BCUT2D eigenvalue weighted by molar-refractivity contribution is 5.57. The third-order valence-electron chi connectivity index (χ3n) is 4.36. The molecule has 1 aromatic carbocycles. The van der Waals surface area contributed by atoms with E-state index in [4.69, 9.17) is 0 Å². The fourth-order valence-electron chi connectivity index (χ4n) is 3.25. The maximum Gasteiger partial charge on any atom is 0.0376 e. The minimum atomic E-state index is 0.659. The second-order valence-electron chi connectivity index (χ2n) is 5.77. The van der Waals surface area contributed by atoms with Crippen LogP contribution in [0.3, 0.4) is 0 Å². The van der Waals surface area contributed by atoms with Gasteiger partial charge in [-0.15, -0.1) is 0 Å². The number of para-hydroxylation sites is 1. The summed E-state index contributed by atoms with van der Waals surface area (Å²) >= 11 is 0. The van der Waals surface area contributed by atoms with Crippen molar-refractivity contribution in [1.82, 2.24) is 9.80 Å². The molecule has 3 rings (SSSR count). The number of likely N-dealkylation sites (N-methyl/N-ethyl adjacent to an activating group) is 1. The molecule has 2 atom stereocenters. The molecular formula is C15H23N3. The molecule has 2 aliphatic rings. The normalized spacial score (nSPS) is 29.0. The third kappa shape index (κ3) is 2.25. The molecule has 1 saturated heterocycles. The Balaban J connectivity index is 1.68. The maximum absolute atomic E-state index is 3.53. The van der Waals surface area contributed by atoms with Gasteiger partial charge in [0.2, 0.25) is 0 Å². The van der Waals surface area contributed by atoms with Gasteiger partial charge in [-0.3, -0.25) is 4.90 Å². The quantitative estimate of drug-likeness (QED) is 0.857. The van der Waals surface area contributed by atoms with E-state index in [0.717, 1.165) is 6.54 Å². The monoisotopic (exact) mass is 245 g/mol. The number of anilines is 1. The van der Waals surface area contributed by atoms with Crippen LogP contribution >= 0.6 is 0 Å². The van der Waals surface area contributed by atoms with Crippen molar-refractivity contribution in [3.63, 3.8) is 0 Å². The molecule has 2 aliphatic heterocycles. The Morgan fingerprint density at radius 2 is 2.11 bits per heavy atom. The molecule has 98 valence electrons. The number of nitrogens with zero attached hydrogens (tertiary/aromatic N) is 2. The Kier molecular flexibility index (Phi) is 3.27. The third-order valence-corrected chi connectivity index (χ3v) is 4.36. The fraction of sp³-hybridized carbons (Fsp3) is 0.600. The smallest absolute Gasteiger partial charge is 0.0376 e. The van der Waals surface area contributed by atoms with E-state index in [9.17, 15) is 0 Å². The van der Waals surface area contributed by atoms with Crippen LogP contribution in [0.2, 0.25) is 0 Å². The van der Waals surface area contributed by atoms with E-state index in [2.05, 4.69) is 53.4 Å². The van der Waals surface area contributed by atoms with Gasteiger partial charge in [0.1, 0.15) is 0 Å². The number of fused-ring (bicyclic) bond motifs is 1. The SMILES string of the molecule is CC1CN(C)CCN1CC1CNc2ccccc21. The van der Waals surface area contributed by atoms with Crippen molar-refractivity contribution in [2.45, 2.75) is 18.9 Å². The Morgan fingerprint density at radius 1 is 1.28 bits per heavy atom. The van der Waals surface area contributed by atoms with Crippen molar-refractivity contribution in [2.75, 3.05) is 45.1 Å². The molecule has 1 N–H and O–H groups in total. The molecule has 1 aromatic rings. The molecule has 0 saturated carbocycles. The van der Waals surface area contributed by atoms with Crippen LogP contribution in [0.1, 0.15) is 18.4 Å². The molecule has 3 heteroatoms. The van der Waals surface area contributed by atoms with Crippen LogP contribution in [0.25, 0.3) is 0 Å². The van der Waals surface area contributed by atoms with Gasteiger partial charge in [0.25, 0.3) is 0 Å². The van der Waals surface area contributed by atoms with Gasteiger partial charge >= 0.3 is 0 Å².